The van der Waals surface area contributed by atoms with Gasteiger partial charge in [0, 0.05) is 0 Å². The molecule has 2 nitrogen and oxygen atoms in total. The van der Waals surface area contributed by atoms with Crippen molar-refractivity contribution in [1.82, 2.24) is 5.43 Å². The van der Waals surface area contributed by atoms with Crippen LogP contribution < -0.4 is 11.3 Å². The Labute approximate surface area is 104 Å². The Morgan fingerprint density at radius 3 is 2.39 bits per heavy atom. The van der Waals surface area contributed by atoms with Crippen LogP contribution in [-0.2, 0) is 0 Å². The van der Waals surface area contributed by atoms with Crippen molar-refractivity contribution in [2.45, 2.75) is 13.0 Å². The zero-order valence-corrected chi connectivity index (χ0v) is 9.95. The summed E-state index contributed by atoms with van der Waals surface area (Å²) in [6.45, 7) is 1.68. The highest BCUT2D eigenvalue weighted by molar-refractivity contribution is 5.34. The Hall–Kier alpha value is -1.78. The molecular weight excluding hydrogens is 234 g/mol. The van der Waals surface area contributed by atoms with E-state index in [1.807, 2.05) is 0 Å². The third-order valence-electron chi connectivity index (χ3n) is 2.86. The summed E-state index contributed by atoms with van der Waals surface area (Å²) in [5, 5.41) is 0. The van der Waals surface area contributed by atoms with Gasteiger partial charge in [0.1, 0.15) is 11.6 Å². The highest BCUT2D eigenvalue weighted by Crippen LogP contribution is 2.23. The van der Waals surface area contributed by atoms with Gasteiger partial charge in [-0.25, -0.2) is 14.2 Å². The zero-order valence-electron chi connectivity index (χ0n) is 9.95. The highest BCUT2D eigenvalue weighted by Gasteiger charge is 2.13. The second-order valence-corrected chi connectivity index (χ2v) is 4.16. The first-order valence-electron chi connectivity index (χ1n) is 5.59. The van der Waals surface area contributed by atoms with Gasteiger partial charge < -0.3 is 0 Å². The lowest BCUT2D eigenvalue weighted by molar-refractivity contribution is 0.598. The molecule has 0 aliphatic rings. The topological polar surface area (TPSA) is 38.0 Å². The van der Waals surface area contributed by atoms with Crippen LogP contribution in [0.15, 0.2) is 42.5 Å². The number of rotatable bonds is 3. The van der Waals surface area contributed by atoms with Crippen molar-refractivity contribution < 1.29 is 8.78 Å². The van der Waals surface area contributed by atoms with E-state index in [0.29, 0.717) is 11.1 Å². The number of nitrogens with one attached hydrogen (secondary N) is 1. The van der Waals surface area contributed by atoms with E-state index in [4.69, 9.17) is 5.84 Å². The first-order valence-corrected chi connectivity index (χ1v) is 5.59. The number of aryl methyl sites for hydroxylation is 1. The fourth-order valence-corrected chi connectivity index (χ4v) is 1.92. The van der Waals surface area contributed by atoms with Crippen LogP contribution in [-0.4, -0.2) is 0 Å². The summed E-state index contributed by atoms with van der Waals surface area (Å²) in [4.78, 5) is 0. The van der Waals surface area contributed by atoms with Crippen LogP contribution in [0.3, 0.4) is 0 Å². The van der Waals surface area contributed by atoms with E-state index in [-0.39, 0.29) is 17.7 Å². The highest BCUT2D eigenvalue weighted by atomic mass is 19.1. The predicted octanol–water partition coefficient (Wildman–Crippen LogP) is 2.83. The van der Waals surface area contributed by atoms with Gasteiger partial charge in [-0.3, -0.25) is 5.84 Å². The van der Waals surface area contributed by atoms with Gasteiger partial charge in [0.25, 0.3) is 0 Å². The SMILES string of the molecule is Cc1cc(C(NN)c2cccc(F)c2)ccc1F. The Bertz CT molecular complexity index is 555. The predicted molar refractivity (Wildman–Crippen MR) is 66.7 cm³/mol. The Morgan fingerprint density at radius 2 is 1.78 bits per heavy atom. The summed E-state index contributed by atoms with van der Waals surface area (Å²) < 4.78 is 26.4. The molecule has 3 N–H and O–H groups in total. The van der Waals surface area contributed by atoms with Crippen molar-refractivity contribution in [2.75, 3.05) is 0 Å². The fraction of sp³-hybridized carbons (Fsp3) is 0.143. The van der Waals surface area contributed by atoms with Crippen molar-refractivity contribution in [3.05, 3.63) is 70.8 Å². The molecule has 0 radical (unpaired) electrons. The van der Waals surface area contributed by atoms with Gasteiger partial charge in [-0.15, -0.1) is 0 Å². The van der Waals surface area contributed by atoms with E-state index in [9.17, 15) is 8.78 Å². The van der Waals surface area contributed by atoms with Crippen LogP contribution in [0.4, 0.5) is 8.78 Å². The molecule has 1 unspecified atom stereocenters. The van der Waals surface area contributed by atoms with E-state index in [1.165, 1.54) is 18.2 Å². The molecule has 0 heterocycles. The van der Waals surface area contributed by atoms with Crippen molar-refractivity contribution in [2.24, 2.45) is 5.84 Å². The molecule has 0 bridgehead atoms. The molecule has 0 aromatic heterocycles. The molecule has 0 amide bonds. The van der Waals surface area contributed by atoms with Crippen molar-refractivity contribution in [3.63, 3.8) is 0 Å². The lowest BCUT2D eigenvalue weighted by atomic mass is 9.98. The molecule has 94 valence electrons. The number of hydrazine groups is 1. The zero-order chi connectivity index (χ0) is 13.1. The lowest BCUT2D eigenvalue weighted by Crippen LogP contribution is -2.29. The molecule has 2 aromatic rings. The van der Waals surface area contributed by atoms with Crippen LogP contribution in [0.5, 0.6) is 0 Å². The molecule has 18 heavy (non-hydrogen) atoms. The van der Waals surface area contributed by atoms with Crippen LogP contribution in [0, 0.1) is 18.6 Å². The molecule has 1 atom stereocenters. The van der Waals surface area contributed by atoms with E-state index in [1.54, 1.807) is 31.2 Å². The second-order valence-electron chi connectivity index (χ2n) is 4.16. The van der Waals surface area contributed by atoms with Crippen molar-refractivity contribution >= 4 is 0 Å². The minimum Gasteiger partial charge on any atom is -0.271 e. The van der Waals surface area contributed by atoms with Gasteiger partial charge in [-0.2, -0.15) is 0 Å². The Balaban J connectivity index is 2.42. The van der Waals surface area contributed by atoms with Gasteiger partial charge in [0.2, 0.25) is 0 Å². The number of hydrogen-bond donors (Lipinski definition) is 2. The summed E-state index contributed by atoms with van der Waals surface area (Å²) in [7, 11) is 0. The second kappa shape index (κ2) is 5.25. The third kappa shape index (κ3) is 2.55. The number of nitrogens with two attached hydrogens (primary N) is 1. The smallest absolute Gasteiger partial charge is 0.126 e. The largest absolute Gasteiger partial charge is 0.271 e. The van der Waals surface area contributed by atoms with Crippen LogP contribution in [0.2, 0.25) is 0 Å². The van der Waals surface area contributed by atoms with Crippen LogP contribution in [0.1, 0.15) is 22.7 Å². The van der Waals surface area contributed by atoms with Crippen LogP contribution >= 0.6 is 0 Å². The lowest BCUT2D eigenvalue weighted by Gasteiger charge is -2.17. The molecule has 0 spiro atoms. The first-order chi connectivity index (χ1) is 8.61. The Kier molecular flexibility index (Phi) is 3.69. The Morgan fingerprint density at radius 1 is 1.06 bits per heavy atom. The average Bonchev–Trinajstić information content (AvgIpc) is 2.35. The van der Waals surface area contributed by atoms with Gasteiger partial charge >= 0.3 is 0 Å². The maximum absolute atomic E-state index is 13.2. The van der Waals surface area contributed by atoms with E-state index in [2.05, 4.69) is 5.43 Å². The van der Waals surface area contributed by atoms with E-state index < -0.39 is 0 Å². The normalized spacial score (nSPS) is 12.4. The minimum absolute atomic E-state index is 0.270. The third-order valence-corrected chi connectivity index (χ3v) is 2.86. The summed E-state index contributed by atoms with van der Waals surface area (Å²) in [5.41, 5.74) is 4.64. The van der Waals surface area contributed by atoms with Gasteiger partial charge in [0.15, 0.2) is 0 Å². The van der Waals surface area contributed by atoms with Crippen molar-refractivity contribution in [3.8, 4) is 0 Å². The molecule has 0 saturated carbocycles. The average molecular weight is 248 g/mol. The molecule has 2 aromatic carbocycles. The summed E-state index contributed by atoms with van der Waals surface area (Å²) in [6, 6.07) is 10.5. The molecule has 4 heteroatoms. The van der Waals surface area contributed by atoms with Gasteiger partial charge in [-0.1, -0.05) is 24.3 Å². The first kappa shape index (κ1) is 12.7. The van der Waals surface area contributed by atoms with Crippen molar-refractivity contribution in [1.29, 1.82) is 0 Å². The van der Waals surface area contributed by atoms with Gasteiger partial charge in [-0.05, 0) is 41.8 Å². The maximum Gasteiger partial charge on any atom is 0.126 e. The number of benzene rings is 2. The molecule has 0 saturated heterocycles. The molecule has 0 aliphatic heterocycles. The summed E-state index contributed by atoms with van der Waals surface area (Å²) >= 11 is 0. The molecule has 0 fully saturated rings. The fourth-order valence-electron chi connectivity index (χ4n) is 1.92. The van der Waals surface area contributed by atoms with E-state index >= 15 is 0 Å². The standard InChI is InChI=1S/C14H14F2N2/c1-9-7-11(5-6-13(9)16)14(18-17)10-3-2-4-12(15)8-10/h2-8,14,18H,17H2,1H3. The quantitative estimate of drug-likeness (QED) is 0.647. The summed E-state index contributed by atoms with van der Waals surface area (Å²) in [5.74, 6) is 4.91. The molecule has 2 rings (SSSR count). The molecular formula is C14H14F2N2. The maximum atomic E-state index is 13.2. The minimum atomic E-state index is -0.361. The van der Waals surface area contributed by atoms with Crippen LogP contribution in [0.25, 0.3) is 0 Å². The van der Waals surface area contributed by atoms with Gasteiger partial charge in [0.05, 0.1) is 6.04 Å². The monoisotopic (exact) mass is 248 g/mol. The van der Waals surface area contributed by atoms with E-state index in [0.717, 1.165) is 5.56 Å². The molecule has 0 aliphatic carbocycles. The summed E-state index contributed by atoms with van der Waals surface area (Å²) in [6.07, 6.45) is 0. The number of halogens is 2. The number of hydrogen-bond acceptors (Lipinski definition) is 2.